The molecule has 1 N–H and O–H groups in total. The van der Waals surface area contributed by atoms with Gasteiger partial charge < -0.3 is 14.8 Å². The van der Waals surface area contributed by atoms with Crippen LogP contribution in [0.5, 0.6) is 0 Å². The van der Waals surface area contributed by atoms with Gasteiger partial charge in [0.1, 0.15) is 0 Å². The zero-order valence-corrected chi connectivity index (χ0v) is 17.5. The van der Waals surface area contributed by atoms with Crippen LogP contribution < -0.4 is 5.32 Å². The first-order valence-corrected chi connectivity index (χ1v) is 10.5. The van der Waals surface area contributed by atoms with Crippen molar-refractivity contribution < 1.29 is 0 Å². The van der Waals surface area contributed by atoms with Crippen molar-refractivity contribution in [1.82, 2.24) is 19.8 Å². The van der Waals surface area contributed by atoms with E-state index in [-0.39, 0.29) is 0 Å². The first kappa shape index (κ1) is 20.0. The summed E-state index contributed by atoms with van der Waals surface area (Å²) in [5, 5.41) is 3.54. The van der Waals surface area contributed by atoms with Gasteiger partial charge in [-0.1, -0.05) is 66.2 Å². The Morgan fingerprint density at radius 2 is 1.87 bits per heavy atom. The van der Waals surface area contributed by atoms with E-state index in [1.807, 2.05) is 25.8 Å². The van der Waals surface area contributed by atoms with Crippen LogP contribution in [-0.2, 0) is 13.1 Å². The molecule has 0 amide bonds. The Hall–Kier alpha value is -3.34. The molecule has 0 radical (unpaired) electrons. The van der Waals surface area contributed by atoms with Crippen molar-refractivity contribution in [2.45, 2.75) is 25.9 Å². The van der Waals surface area contributed by atoms with Crippen molar-refractivity contribution in [3.63, 3.8) is 0 Å². The summed E-state index contributed by atoms with van der Waals surface area (Å²) in [5.41, 5.74) is 5.34. The number of guanidine groups is 1. The summed E-state index contributed by atoms with van der Waals surface area (Å²) in [6.45, 7) is 3.61. The fourth-order valence-electron chi connectivity index (χ4n) is 3.88. The molecule has 1 aliphatic rings. The number of hydrogen-bond acceptors (Lipinski definition) is 2. The zero-order chi connectivity index (χ0) is 20.6. The molecule has 2 aromatic carbocycles. The first-order valence-electron chi connectivity index (χ1n) is 10.5. The molecule has 0 unspecified atom stereocenters. The van der Waals surface area contributed by atoms with E-state index < -0.39 is 0 Å². The molecule has 1 aliphatic heterocycles. The van der Waals surface area contributed by atoms with Gasteiger partial charge in [0.05, 0.1) is 6.33 Å². The van der Waals surface area contributed by atoms with Crippen LogP contribution in [0.25, 0.3) is 6.08 Å². The number of aromatic nitrogens is 2. The first-order chi connectivity index (χ1) is 14.8. The lowest BCUT2D eigenvalue weighted by Crippen LogP contribution is -2.44. The summed E-state index contributed by atoms with van der Waals surface area (Å²) in [7, 11) is 1.87. The molecule has 2 heterocycles. The van der Waals surface area contributed by atoms with Crippen LogP contribution in [-0.4, -0.2) is 40.5 Å². The molecular formula is C25H29N5. The quantitative estimate of drug-likeness (QED) is 0.517. The summed E-state index contributed by atoms with van der Waals surface area (Å²) in [5.74, 6) is 0.980. The van der Waals surface area contributed by atoms with Crippen LogP contribution in [0.15, 0.2) is 83.9 Å². The second kappa shape index (κ2) is 9.92. The molecule has 5 nitrogen and oxygen atoms in total. The van der Waals surface area contributed by atoms with E-state index in [1.165, 1.54) is 22.3 Å². The van der Waals surface area contributed by atoms with Gasteiger partial charge in [0, 0.05) is 45.6 Å². The van der Waals surface area contributed by atoms with Gasteiger partial charge >= 0.3 is 0 Å². The third-order valence-corrected chi connectivity index (χ3v) is 5.45. The van der Waals surface area contributed by atoms with E-state index in [4.69, 9.17) is 0 Å². The monoisotopic (exact) mass is 399 g/mol. The van der Waals surface area contributed by atoms with E-state index >= 15 is 0 Å². The van der Waals surface area contributed by atoms with Crippen LogP contribution in [0.1, 0.15) is 29.5 Å². The number of nitrogens with zero attached hydrogens (tertiary/aromatic N) is 4. The minimum Gasteiger partial charge on any atom is -0.352 e. The van der Waals surface area contributed by atoms with Crippen molar-refractivity contribution in [1.29, 1.82) is 0 Å². The normalized spacial score (nSPS) is 14.6. The summed E-state index contributed by atoms with van der Waals surface area (Å²) in [6, 6.07) is 19.3. The fourth-order valence-corrected chi connectivity index (χ4v) is 3.88. The van der Waals surface area contributed by atoms with Crippen LogP contribution >= 0.6 is 0 Å². The maximum Gasteiger partial charge on any atom is 0.193 e. The minimum atomic E-state index is 0.771. The largest absolute Gasteiger partial charge is 0.352 e. The summed E-state index contributed by atoms with van der Waals surface area (Å²) < 4.78 is 2.08. The molecule has 0 aliphatic carbocycles. The van der Waals surface area contributed by atoms with Gasteiger partial charge in [0.25, 0.3) is 0 Å². The Balaban J connectivity index is 1.31. The maximum absolute atomic E-state index is 4.52. The highest BCUT2D eigenvalue weighted by molar-refractivity contribution is 5.80. The highest BCUT2D eigenvalue weighted by Crippen LogP contribution is 2.19. The van der Waals surface area contributed by atoms with Gasteiger partial charge in [-0.05, 0) is 29.5 Å². The Morgan fingerprint density at radius 3 is 2.60 bits per heavy atom. The lowest BCUT2D eigenvalue weighted by Gasteiger charge is -2.31. The van der Waals surface area contributed by atoms with Gasteiger partial charge in [0.15, 0.2) is 5.96 Å². The number of aliphatic imine (C=N–C) groups is 1. The van der Waals surface area contributed by atoms with Gasteiger partial charge in [0.2, 0.25) is 0 Å². The molecule has 1 aromatic heterocycles. The van der Waals surface area contributed by atoms with Gasteiger partial charge in [-0.15, -0.1) is 0 Å². The Kier molecular flexibility index (Phi) is 6.60. The number of piperidine rings is 1. The van der Waals surface area contributed by atoms with E-state index in [9.17, 15) is 0 Å². The average molecular weight is 400 g/mol. The van der Waals surface area contributed by atoms with Gasteiger partial charge in [-0.3, -0.25) is 4.99 Å². The molecule has 0 atom stereocenters. The van der Waals surface area contributed by atoms with Crippen molar-refractivity contribution in [3.05, 3.63) is 95.6 Å². The smallest absolute Gasteiger partial charge is 0.193 e. The van der Waals surface area contributed by atoms with Gasteiger partial charge in [-0.2, -0.15) is 0 Å². The number of benzene rings is 2. The topological polar surface area (TPSA) is 45.5 Å². The molecule has 1 saturated heterocycles. The molecule has 3 aromatic rings. The summed E-state index contributed by atoms with van der Waals surface area (Å²) in [4.78, 5) is 11.0. The van der Waals surface area contributed by atoms with Crippen molar-refractivity contribution in [2.75, 3.05) is 20.1 Å². The highest BCUT2D eigenvalue weighted by Gasteiger charge is 2.17. The number of hydrogen-bond donors (Lipinski definition) is 1. The summed E-state index contributed by atoms with van der Waals surface area (Å²) >= 11 is 0. The van der Waals surface area contributed by atoms with Crippen molar-refractivity contribution in [3.8, 4) is 0 Å². The Bertz CT molecular complexity index is 979. The van der Waals surface area contributed by atoms with Crippen molar-refractivity contribution in [2.24, 2.45) is 4.99 Å². The van der Waals surface area contributed by atoms with Crippen LogP contribution in [0, 0.1) is 0 Å². The fraction of sp³-hybridized carbons (Fsp3) is 0.280. The summed E-state index contributed by atoms with van der Waals surface area (Å²) in [6.07, 6.45) is 10.1. The average Bonchev–Trinajstić information content (AvgIpc) is 3.29. The molecule has 0 spiro atoms. The molecule has 1 fully saturated rings. The predicted molar refractivity (Wildman–Crippen MR) is 123 cm³/mol. The van der Waals surface area contributed by atoms with E-state index in [0.717, 1.165) is 45.0 Å². The number of nitrogens with one attached hydrogen (secondary N) is 1. The second-order valence-electron chi connectivity index (χ2n) is 7.66. The SMILES string of the molecule is CN=C(NCc1cccc(Cn2ccnc2)c1)N1CCC(=Cc2ccccc2)CC1. The number of rotatable bonds is 5. The predicted octanol–water partition coefficient (Wildman–Crippen LogP) is 4.19. The number of imidazole rings is 1. The third-order valence-electron chi connectivity index (χ3n) is 5.45. The number of likely N-dealkylation sites (tertiary alicyclic amines) is 1. The molecular weight excluding hydrogens is 370 g/mol. The molecule has 154 valence electrons. The maximum atomic E-state index is 4.52. The Morgan fingerprint density at radius 1 is 1.07 bits per heavy atom. The molecule has 0 saturated carbocycles. The van der Waals surface area contributed by atoms with Crippen LogP contribution in [0.2, 0.25) is 0 Å². The Labute approximate surface area is 178 Å². The van der Waals surface area contributed by atoms with Gasteiger partial charge in [-0.25, -0.2) is 4.98 Å². The zero-order valence-electron chi connectivity index (χ0n) is 17.5. The molecule has 30 heavy (non-hydrogen) atoms. The minimum absolute atomic E-state index is 0.771. The molecule has 0 bridgehead atoms. The lowest BCUT2D eigenvalue weighted by atomic mass is 10.0. The standard InChI is InChI=1S/C25H29N5/c1-26-25(30-13-10-22(11-14-30)16-21-6-3-2-4-7-21)28-18-23-8-5-9-24(17-23)19-29-15-12-27-20-29/h2-9,12,15-17,20H,10-11,13-14,18-19H2,1H3,(H,26,28). The van der Waals surface area contributed by atoms with E-state index in [1.54, 1.807) is 0 Å². The van der Waals surface area contributed by atoms with Crippen molar-refractivity contribution >= 4 is 12.0 Å². The molecule has 4 rings (SSSR count). The third kappa shape index (κ3) is 5.38. The van der Waals surface area contributed by atoms with E-state index in [0.29, 0.717) is 0 Å². The highest BCUT2D eigenvalue weighted by atomic mass is 15.3. The molecule has 5 heteroatoms. The van der Waals surface area contributed by atoms with Crippen LogP contribution in [0.3, 0.4) is 0 Å². The van der Waals surface area contributed by atoms with E-state index in [2.05, 4.69) is 85.4 Å². The second-order valence-corrected chi connectivity index (χ2v) is 7.66. The lowest BCUT2D eigenvalue weighted by molar-refractivity contribution is 0.375. The van der Waals surface area contributed by atoms with Crippen LogP contribution in [0.4, 0.5) is 0 Å².